The highest BCUT2D eigenvalue weighted by Crippen LogP contribution is 2.31. The molecule has 4 heteroatoms. The first-order chi connectivity index (χ1) is 9.95. The van der Waals surface area contributed by atoms with Gasteiger partial charge in [-0.1, -0.05) is 26.7 Å². The van der Waals surface area contributed by atoms with Crippen molar-refractivity contribution in [3.63, 3.8) is 0 Å². The van der Waals surface area contributed by atoms with Crippen LogP contribution in [0.15, 0.2) is 18.2 Å². The third kappa shape index (κ3) is 4.45. The zero-order valence-corrected chi connectivity index (χ0v) is 12.7. The van der Waals surface area contributed by atoms with Gasteiger partial charge in [0.25, 0.3) is 0 Å². The van der Waals surface area contributed by atoms with E-state index in [0.717, 1.165) is 19.3 Å². The molecule has 1 aromatic rings. The van der Waals surface area contributed by atoms with Crippen molar-refractivity contribution in [2.24, 2.45) is 11.8 Å². The largest absolute Gasteiger partial charge is 0.478 e. The van der Waals surface area contributed by atoms with Crippen LogP contribution >= 0.6 is 0 Å². The standard InChI is InChI=1S/C17H24FNO2/c1-11(2)8-12-4-3-5-14(9-12)19-16-10-13(17(20)21)6-7-15(16)18/h6-7,10-12,14,19H,3-5,8-9H2,1-2H3,(H,20,21). The van der Waals surface area contributed by atoms with Gasteiger partial charge in [-0.15, -0.1) is 0 Å². The number of anilines is 1. The molecule has 1 saturated carbocycles. The van der Waals surface area contributed by atoms with Gasteiger partial charge in [-0.25, -0.2) is 9.18 Å². The number of aromatic carboxylic acids is 1. The zero-order valence-electron chi connectivity index (χ0n) is 12.7. The van der Waals surface area contributed by atoms with E-state index in [1.807, 2.05) is 0 Å². The van der Waals surface area contributed by atoms with Crippen LogP contribution in [0, 0.1) is 17.7 Å². The normalized spacial score (nSPS) is 22.3. The molecule has 2 N–H and O–H groups in total. The van der Waals surface area contributed by atoms with E-state index in [1.54, 1.807) is 0 Å². The monoisotopic (exact) mass is 293 g/mol. The quantitative estimate of drug-likeness (QED) is 0.838. The molecule has 0 heterocycles. The molecule has 1 fully saturated rings. The fraction of sp³-hybridized carbons (Fsp3) is 0.588. The molecule has 0 bridgehead atoms. The number of hydrogen-bond donors (Lipinski definition) is 2. The van der Waals surface area contributed by atoms with E-state index in [0.29, 0.717) is 17.5 Å². The number of halogens is 1. The molecule has 0 radical (unpaired) electrons. The minimum atomic E-state index is -1.03. The van der Waals surface area contributed by atoms with Crippen LogP contribution in [0.2, 0.25) is 0 Å². The molecular weight excluding hydrogens is 269 g/mol. The predicted molar refractivity (Wildman–Crippen MR) is 82.2 cm³/mol. The summed E-state index contributed by atoms with van der Waals surface area (Å²) in [5.41, 5.74) is 0.429. The van der Waals surface area contributed by atoms with E-state index in [4.69, 9.17) is 5.11 Å². The maximum absolute atomic E-state index is 13.8. The number of nitrogens with one attached hydrogen (secondary N) is 1. The number of hydrogen-bond acceptors (Lipinski definition) is 2. The molecule has 3 nitrogen and oxygen atoms in total. The van der Waals surface area contributed by atoms with Crippen LogP contribution in [0.5, 0.6) is 0 Å². The van der Waals surface area contributed by atoms with Crippen LogP contribution in [-0.2, 0) is 0 Å². The van der Waals surface area contributed by atoms with Crippen molar-refractivity contribution in [1.82, 2.24) is 0 Å². The lowest BCUT2D eigenvalue weighted by molar-refractivity contribution is 0.0697. The number of carboxylic acid groups (broad SMARTS) is 1. The highest BCUT2D eigenvalue weighted by Gasteiger charge is 2.23. The summed E-state index contributed by atoms with van der Waals surface area (Å²) in [7, 11) is 0. The Morgan fingerprint density at radius 1 is 1.43 bits per heavy atom. The second-order valence-electron chi connectivity index (χ2n) is 6.50. The molecule has 2 rings (SSSR count). The predicted octanol–water partition coefficient (Wildman–Crippen LogP) is 4.54. The van der Waals surface area contributed by atoms with Crippen LogP contribution in [0.4, 0.5) is 10.1 Å². The minimum absolute atomic E-state index is 0.119. The molecule has 0 spiro atoms. The number of carbonyl (C=O) groups is 1. The summed E-state index contributed by atoms with van der Waals surface area (Å²) in [4.78, 5) is 11.0. The Labute approximate surface area is 125 Å². The van der Waals surface area contributed by atoms with Crippen molar-refractivity contribution in [1.29, 1.82) is 0 Å². The molecule has 0 saturated heterocycles. The van der Waals surface area contributed by atoms with Gasteiger partial charge >= 0.3 is 5.97 Å². The lowest BCUT2D eigenvalue weighted by atomic mass is 9.81. The van der Waals surface area contributed by atoms with E-state index < -0.39 is 5.97 Å². The molecule has 0 amide bonds. The van der Waals surface area contributed by atoms with Crippen molar-refractivity contribution in [3.05, 3.63) is 29.6 Å². The van der Waals surface area contributed by atoms with Crippen molar-refractivity contribution in [2.75, 3.05) is 5.32 Å². The lowest BCUT2D eigenvalue weighted by Gasteiger charge is -2.31. The van der Waals surface area contributed by atoms with Crippen LogP contribution in [0.1, 0.15) is 56.3 Å². The second-order valence-corrected chi connectivity index (χ2v) is 6.50. The van der Waals surface area contributed by atoms with Gasteiger partial charge in [-0.3, -0.25) is 0 Å². The van der Waals surface area contributed by atoms with E-state index in [1.165, 1.54) is 31.0 Å². The molecule has 1 aromatic carbocycles. The van der Waals surface area contributed by atoms with Gasteiger partial charge < -0.3 is 10.4 Å². The Bertz CT molecular complexity index is 502. The Kier molecular flexibility index (Phi) is 5.21. The van der Waals surface area contributed by atoms with Crippen LogP contribution in [0.25, 0.3) is 0 Å². The van der Waals surface area contributed by atoms with Crippen LogP contribution < -0.4 is 5.32 Å². The zero-order chi connectivity index (χ0) is 15.4. The van der Waals surface area contributed by atoms with Crippen molar-refractivity contribution in [3.8, 4) is 0 Å². The number of carboxylic acids is 1. The first kappa shape index (κ1) is 15.8. The molecule has 0 aromatic heterocycles. The summed E-state index contributed by atoms with van der Waals surface area (Å²) in [5, 5.41) is 12.2. The first-order valence-corrected chi connectivity index (χ1v) is 7.75. The Balaban J connectivity index is 2.03. The molecule has 1 aliphatic carbocycles. The highest BCUT2D eigenvalue weighted by atomic mass is 19.1. The maximum Gasteiger partial charge on any atom is 0.335 e. The lowest BCUT2D eigenvalue weighted by Crippen LogP contribution is -2.28. The highest BCUT2D eigenvalue weighted by molar-refractivity contribution is 5.88. The number of rotatable bonds is 5. The van der Waals surface area contributed by atoms with E-state index in [2.05, 4.69) is 19.2 Å². The van der Waals surface area contributed by atoms with Gasteiger partial charge in [-0.2, -0.15) is 0 Å². The molecular formula is C17H24FNO2. The van der Waals surface area contributed by atoms with Gasteiger partial charge in [0.2, 0.25) is 0 Å². The summed E-state index contributed by atoms with van der Waals surface area (Å²) in [5.74, 6) is -0.0480. The minimum Gasteiger partial charge on any atom is -0.478 e. The molecule has 1 aliphatic rings. The van der Waals surface area contributed by atoms with E-state index in [9.17, 15) is 9.18 Å². The number of benzene rings is 1. The summed E-state index contributed by atoms with van der Waals surface area (Å²) in [6.45, 7) is 4.46. The third-order valence-corrected chi connectivity index (χ3v) is 4.16. The van der Waals surface area contributed by atoms with E-state index >= 15 is 0 Å². The van der Waals surface area contributed by atoms with Crippen LogP contribution in [-0.4, -0.2) is 17.1 Å². The third-order valence-electron chi connectivity index (χ3n) is 4.16. The topological polar surface area (TPSA) is 49.3 Å². The second kappa shape index (κ2) is 6.92. The fourth-order valence-electron chi connectivity index (χ4n) is 3.29. The molecule has 116 valence electrons. The van der Waals surface area contributed by atoms with E-state index in [-0.39, 0.29) is 17.4 Å². The first-order valence-electron chi connectivity index (χ1n) is 7.75. The Hall–Kier alpha value is -1.58. The summed E-state index contributed by atoms with van der Waals surface area (Å²) in [6.07, 6.45) is 5.65. The molecule has 2 unspecified atom stereocenters. The summed E-state index contributed by atoms with van der Waals surface area (Å²) in [6, 6.07) is 4.15. The van der Waals surface area contributed by atoms with Gasteiger partial charge in [0, 0.05) is 6.04 Å². The van der Waals surface area contributed by atoms with Gasteiger partial charge in [0.05, 0.1) is 11.3 Å². The molecule has 21 heavy (non-hydrogen) atoms. The van der Waals surface area contributed by atoms with Crippen molar-refractivity contribution >= 4 is 11.7 Å². The average molecular weight is 293 g/mol. The molecule has 0 aliphatic heterocycles. The maximum atomic E-state index is 13.8. The van der Waals surface area contributed by atoms with Crippen molar-refractivity contribution < 1.29 is 14.3 Å². The average Bonchev–Trinajstić information content (AvgIpc) is 2.40. The van der Waals surface area contributed by atoms with Gasteiger partial charge in [0.15, 0.2) is 0 Å². The van der Waals surface area contributed by atoms with Gasteiger partial charge in [0.1, 0.15) is 5.82 Å². The summed E-state index contributed by atoms with van der Waals surface area (Å²) >= 11 is 0. The Morgan fingerprint density at radius 3 is 2.86 bits per heavy atom. The Morgan fingerprint density at radius 2 is 2.19 bits per heavy atom. The SMILES string of the molecule is CC(C)CC1CCCC(Nc2cc(C(=O)O)ccc2F)C1. The molecule has 2 atom stereocenters. The summed E-state index contributed by atoms with van der Waals surface area (Å²) < 4.78 is 13.8. The van der Waals surface area contributed by atoms with Crippen LogP contribution in [0.3, 0.4) is 0 Å². The smallest absolute Gasteiger partial charge is 0.335 e. The van der Waals surface area contributed by atoms with Crippen molar-refractivity contribution in [2.45, 2.75) is 52.0 Å². The fourth-order valence-corrected chi connectivity index (χ4v) is 3.29. The van der Waals surface area contributed by atoms with Gasteiger partial charge in [-0.05, 0) is 49.3 Å².